The largest absolute Gasteiger partial charge is 0.393 e. The predicted octanol–water partition coefficient (Wildman–Crippen LogP) is 0.969. The first-order valence-corrected chi connectivity index (χ1v) is 4.70. The first-order valence-electron chi connectivity index (χ1n) is 4.70. The molecule has 0 saturated carbocycles. The van der Waals surface area contributed by atoms with Crippen LogP contribution < -0.4 is 5.73 Å². The van der Waals surface area contributed by atoms with E-state index < -0.39 is 11.5 Å². The molecule has 0 spiro atoms. The third-order valence-corrected chi connectivity index (χ3v) is 2.67. The fraction of sp³-hybridized carbons (Fsp3) is 0.700. The highest BCUT2D eigenvalue weighted by molar-refractivity contribution is 5.81. The Morgan fingerprint density at radius 1 is 1.69 bits per heavy atom. The summed E-state index contributed by atoms with van der Waals surface area (Å²) >= 11 is 0. The molecule has 74 valence electrons. The maximum absolute atomic E-state index is 11.3. The highest BCUT2D eigenvalue weighted by atomic mass is 16.3. The quantitative estimate of drug-likeness (QED) is 0.640. The van der Waals surface area contributed by atoms with E-state index >= 15 is 0 Å². The minimum atomic E-state index is -0.497. The van der Waals surface area contributed by atoms with Crippen LogP contribution in [0.25, 0.3) is 0 Å². The zero-order valence-electron chi connectivity index (χ0n) is 7.99. The van der Waals surface area contributed by atoms with E-state index in [9.17, 15) is 9.90 Å². The van der Waals surface area contributed by atoms with Gasteiger partial charge in [-0.3, -0.25) is 4.79 Å². The Morgan fingerprint density at radius 2 is 2.38 bits per heavy atom. The lowest BCUT2D eigenvalue weighted by Gasteiger charge is -2.32. The number of aliphatic hydroxyl groups excluding tert-OH is 1. The lowest BCUT2D eigenvalue weighted by atomic mass is 9.73. The third-order valence-electron chi connectivity index (χ3n) is 2.67. The summed E-state index contributed by atoms with van der Waals surface area (Å²) in [7, 11) is 0. The smallest absolute Gasteiger partial charge is 0.224 e. The zero-order valence-corrected chi connectivity index (χ0v) is 7.99. The van der Waals surface area contributed by atoms with Gasteiger partial charge >= 0.3 is 0 Å². The Morgan fingerprint density at radius 3 is 2.77 bits per heavy atom. The molecular formula is C10H17NO2. The van der Waals surface area contributed by atoms with Gasteiger partial charge in [0, 0.05) is 0 Å². The fourth-order valence-electron chi connectivity index (χ4n) is 1.96. The van der Waals surface area contributed by atoms with Gasteiger partial charge in [0.05, 0.1) is 11.5 Å². The van der Waals surface area contributed by atoms with Crippen LogP contribution in [-0.2, 0) is 4.79 Å². The van der Waals surface area contributed by atoms with Gasteiger partial charge in [-0.1, -0.05) is 12.2 Å². The van der Waals surface area contributed by atoms with Gasteiger partial charge in [0.15, 0.2) is 0 Å². The molecule has 0 fully saturated rings. The highest BCUT2D eigenvalue weighted by Gasteiger charge is 2.37. The molecule has 3 N–H and O–H groups in total. The maximum Gasteiger partial charge on any atom is 0.224 e. The van der Waals surface area contributed by atoms with Crippen molar-refractivity contribution in [2.75, 3.05) is 0 Å². The van der Waals surface area contributed by atoms with E-state index in [1.165, 1.54) is 0 Å². The number of hydrogen-bond acceptors (Lipinski definition) is 2. The molecule has 0 heterocycles. The van der Waals surface area contributed by atoms with Crippen molar-refractivity contribution in [3.8, 4) is 0 Å². The average molecular weight is 183 g/mol. The van der Waals surface area contributed by atoms with Crippen LogP contribution in [0.15, 0.2) is 12.2 Å². The minimum Gasteiger partial charge on any atom is -0.393 e. The molecular weight excluding hydrogens is 166 g/mol. The third kappa shape index (κ3) is 2.31. The number of amides is 1. The van der Waals surface area contributed by atoms with Crippen LogP contribution >= 0.6 is 0 Å². The summed E-state index contributed by atoms with van der Waals surface area (Å²) in [6.07, 6.45) is 6.39. The zero-order chi connectivity index (χ0) is 9.90. The van der Waals surface area contributed by atoms with Crippen LogP contribution in [0.3, 0.4) is 0 Å². The number of carbonyl (C=O) groups is 1. The Balaban J connectivity index is 2.75. The fourth-order valence-corrected chi connectivity index (χ4v) is 1.96. The topological polar surface area (TPSA) is 63.3 Å². The number of carbonyl (C=O) groups excluding carboxylic acids is 1. The molecule has 0 aromatic rings. The summed E-state index contributed by atoms with van der Waals surface area (Å²) in [6, 6.07) is 0. The first-order chi connectivity index (χ1) is 6.07. The second kappa shape index (κ2) is 3.92. The Labute approximate surface area is 78.6 Å². The molecule has 1 aliphatic rings. The van der Waals surface area contributed by atoms with Crippen molar-refractivity contribution in [1.82, 2.24) is 0 Å². The molecule has 3 heteroatoms. The summed E-state index contributed by atoms with van der Waals surface area (Å²) in [5.41, 5.74) is 4.87. The molecule has 1 rings (SSSR count). The minimum absolute atomic E-state index is 0.280. The maximum atomic E-state index is 11.3. The number of rotatable bonds is 3. The second-order valence-electron chi connectivity index (χ2n) is 3.91. The van der Waals surface area contributed by atoms with Gasteiger partial charge in [-0.2, -0.15) is 0 Å². The Kier molecular flexibility index (Phi) is 3.09. The molecule has 0 aromatic carbocycles. The normalized spacial score (nSPS) is 30.0. The highest BCUT2D eigenvalue weighted by Crippen LogP contribution is 2.36. The van der Waals surface area contributed by atoms with E-state index in [0.717, 1.165) is 12.8 Å². The van der Waals surface area contributed by atoms with Crippen LogP contribution in [0.1, 0.15) is 32.6 Å². The molecule has 3 nitrogen and oxygen atoms in total. The number of allylic oxidation sites excluding steroid dienone is 2. The van der Waals surface area contributed by atoms with Crippen molar-refractivity contribution in [1.29, 1.82) is 0 Å². The van der Waals surface area contributed by atoms with Gasteiger partial charge in [-0.25, -0.2) is 0 Å². The van der Waals surface area contributed by atoms with E-state index in [1.54, 1.807) is 6.92 Å². The van der Waals surface area contributed by atoms with Crippen LogP contribution in [0.4, 0.5) is 0 Å². The van der Waals surface area contributed by atoms with Crippen molar-refractivity contribution in [2.24, 2.45) is 11.1 Å². The van der Waals surface area contributed by atoms with E-state index in [0.29, 0.717) is 12.8 Å². The summed E-state index contributed by atoms with van der Waals surface area (Å²) in [6.45, 7) is 1.70. The number of primary amides is 1. The molecule has 13 heavy (non-hydrogen) atoms. The monoisotopic (exact) mass is 183 g/mol. The molecule has 0 aliphatic heterocycles. The molecule has 1 aliphatic carbocycles. The molecule has 0 saturated heterocycles. The van der Waals surface area contributed by atoms with Crippen molar-refractivity contribution in [3.63, 3.8) is 0 Å². The summed E-state index contributed by atoms with van der Waals surface area (Å²) < 4.78 is 0. The predicted molar refractivity (Wildman–Crippen MR) is 50.9 cm³/mol. The lowest BCUT2D eigenvalue weighted by molar-refractivity contribution is -0.130. The molecule has 1 unspecified atom stereocenters. The molecule has 0 bridgehead atoms. The van der Waals surface area contributed by atoms with E-state index in [4.69, 9.17) is 5.73 Å². The number of hydrogen-bond donors (Lipinski definition) is 2. The SMILES string of the molecule is C[C@H](O)CC1(C(N)=O)CC=CCC1. The Hall–Kier alpha value is -0.830. The van der Waals surface area contributed by atoms with Gasteiger partial charge in [-0.15, -0.1) is 0 Å². The van der Waals surface area contributed by atoms with Gasteiger partial charge in [0.1, 0.15) is 0 Å². The van der Waals surface area contributed by atoms with Crippen molar-refractivity contribution in [3.05, 3.63) is 12.2 Å². The molecule has 1 amide bonds. The first kappa shape index (κ1) is 10.3. The van der Waals surface area contributed by atoms with E-state index in [2.05, 4.69) is 6.08 Å². The number of nitrogens with two attached hydrogens (primary N) is 1. The van der Waals surface area contributed by atoms with Crippen LogP contribution in [0, 0.1) is 5.41 Å². The second-order valence-corrected chi connectivity index (χ2v) is 3.91. The van der Waals surface area contributed by atoms with Gasteiger partial charge in [-0.05, 0) is 32.6 Å². The van der Waals surface area contributed by atoms with Gasteiger partial charge in [0.2, 0.25) is 5.91 Å². The molecule has 0 aromatic heterocycles. The van der Waals surface area contributed by atoms with Gasteiger partial charge < -0.3 is 10.8 Å². The van der Waals surface area contributed by atoms with Crippen LogP contribution in [0.5, 0.6) is 0 Å². The van der Waals surface area contributed by atoms with E-state index in [1.807, 2.05) is 6.08 Å². The van der Waals surface area contributed by atoms with Crippen molar-refractivity contribution < 1.29 is 9.90 Å². The summed E-state index contributed by atoms with van der Waals surface area (Å²) in [5, 5.41) is 9.29. The number of aliphatic hydroxyl groups is 1. The van der Waals surface area contributed by atoms with Crippen LogP contribution in [0.2, 0.25) is 0 Å². The molecule has 2 atom stereocenters. The lowest BCUT2D eigenvalue weighted by Crippen LogP contribution is -2.40. The summed E-state index contributed by atoms with van der Waals surface area (Å²) in [5.74, 6) is -0.280. The van der Waals surface area contributed by atoms with Gasteiger partial charge in [0.25, 0.3) is 0 Å². The standard InChI is InChI=1S/C10H17NO2/c1-8(12)7-10(9(11)13)5-3-2-4-6-10/h2-3,8,12H,4-7H2,1H3,(H2,11,13)/t8-,10?/m0/s1. The van der Waals surface area contributed by atoms with E-state index in [-0.39, 0.29) is 5.91 Å². The average Bonchev–Trinajstić information content (AvgIpc) is 2.04. The van der Waals surface area contributed by atoms with Crippen molar-refractivity contribution in [2.45, 2.75) is 38.7 Å². The molecule has 0 radical (unpaired) electrons. The van der Waals surface area contributed by atoms with Crippen LogP contribution in [-0.4, -0.2) is 17.1 Å². The summed E-state index contributed by atoms with van der Waals surface area (Å²) in [4.78, 5) is 11.3. The Bertz CT molecular complexity index is 223. The van der Waals surface area contributed by atoms with Crippen molar-refractivity contribution >= 4 is 5.91 Å².